The van der Waals surface area contributed by atoms with Crippen molar-refractivity contribution in [1.29, 1.82) is 0 Å². The van der Waals surface area contributed by atoms with Gasteiger partial charge in [-0.3, -0.25) is 4.79 Å². The van der Waals surface area contributed by atoms with Crippen molar-refractivity contribution in [2.24, 2.45) is 0 Å². The zero-order valence-corrected chi connectivity index (χ0v) is 10.1. The fourth-order valence-electron chi connectivity index (χ4n) is 2.20. The number of nitrogens with zero attached hydrogens (tertiary/aromatic N) is 2. The normalized spacial score (nSPS) is 20.9. The van der Waals surface area contributed by atoms with Gasteiger partial charge in [-0.25, -0.2) is 4.98 Å². The molecule has 3 nitrogen and oxygen atoms in total. The van der Waals surface area contributed by atoms with Crippen molar-refractivity contribution >= 4 is 18.0 Å². The maximum atomic E-state index is 11.0. The van der Waals surface area contributed by atoms with Gasteiger partial charge >= 0.3 is 0 Å². The first-order valence-electron chi connectivity index (χ1n) is 5.55. The first-order valence-corrected chi connectivity index (χ1v) is 5.93. The summed E-state index contributed by atoms with van der Waals surface area (Å²) in [6, 6.07) is 2.21. The summed E-state index contributed by atoms with van der Waals surface area (Å²) >= 11 is 5.90. The van der Waals surface area contributed by atoms with E-state index in [1.165, 1.54) is 0 Å². The molecule has 1 fully saturated rings. The van der Waals surface area contributed by atoms with Gasteiger partial charge in [0, 0.05) is 12.7 Å². The van der Waals surface area contributed by atoms with Gasteiger partial charge < -0.3 is 4.90 Å². The molecule has 4 heteroatoms. The molecule has 1 aromatic rings. The van der Waals surface area contributed by atoms with Crippen molar-refractivity contribution in [3.05, 3.63) is 28.5 Å². The largest absolute Gasteiger partial charge is 0.338 e. The predicted molar refractivity (Wildman–Crippen MR) is 63.3 cm³/mol. The number of aryl methyl sites for hydroxylation is 1. The van der Waals surface area contributed by atoms with E-state index in [2.05, 4.69) is 4.98 Å². The lowest BCUT2D eigenvalue weighted by Gasteiger charge is -2.32. The molecule has 1 aliphatic heterocycles. The number of amides is 1. The number of carbonyl (C=O) groups is 1. The summed E-state index contributed by atoms with van der Waals surface area (Å²) in [5.74, 6) is 0. The van der Waals surface area contributed by atoms with Crippen LogP contribution < -0.4 is 0 Å². The SMILES string of the molecule is Cc1cc(C2CCCCN2C=O)cnc1Cl. The molecule has 1 amide bonds. The number of halogens is 1. The van der Waals surface area contributed by atoms with E-state index < -0.39 is 0 Å². The van der Waals surface area contributed by atoms with Gasteiger partial charge in [0.1, 0.15) is 5.15 Å². The zero-order chi connectivity index (χ0) is 11.5. The van der Waals surface area contributed by atoms with Crippen LogP contribution in [0.1, 0.15) is 36.4 Å². The van der Waals surface area contributed by atoms with Crippen LogP contribution in [0.5, 0.6) is 0 Å². The topological polar surface area (TPSA) is 33.2 Å². The molecule has 1 unspecified atom stereocenters. The van der Waals surface area contributed by atoms with Gasteiger partial charge in [-0.05, 0) is 43.4 Å². The standard InChI is InChI=1S/C12H15ClN2O/c1-9-6-10(7-14-12(9)13)11-4-2-3-5-15(11)8-16/h6-8,11H,2-5H2,1H3. The Morgan fingerprint density at radius 3 is 3.06 bits per heavy atom. The molecule has 86 valence electrons. The first kappa shape index (κ1) is 11.4. The average Bonchev–Trinajstić information content (AvgIpc) is 2.32. The Balaban J connectivity index is 2.27. The summed E-state index contributed by atoms with van der Waals surface area (Å²) in [7, 11) is 0. The van der Waals surface area contributed by atoms with Gasteiger partial charge in [-0.1, -0.05) is 11.6 Å². The molecule has 0 aliphatic carbocycles. The third-order valence-electron chi connectivity index (χ3n) is 3.10. The maximum absolute atomic E-state index is 11.0. The Hall–Kier alpha value is -1.09. The Kier molecular flexibility index (Phi) is 3.44. The number of aromatic nitrogens is 1. The second kappa shape index (κ2) is 4.83. The number of pyridine rings is 1. The van der Waals surface area contributed by atoms with Gasteiger partial charge in [-0.15, -0.1) is 0 Å². The molecule has 0 radical (unpaired) electrons. The van der Waals surface area contributed by atoms with Gasteiger partial charge in [0.05, 0.1) is 6.04 Å². The third-order valence-corrected chi connectivity index (χ3v) is 3.50. The van der Waals surface area contributed by atoms with E-state index in [0.717, 1.165) is 43.3 Å². The second-order valence-electron chi connectivity index (χ2n) is 4.23. The van der Waals surface area contributed by atoms with E-state index in [4.69, 9.17) is 11.6 Å². The fraction of sp³-hybridized carbons (Fsp3) is 0.500. The summed E-state index contributed by atoms with van der Waals surface area (Å²) in [6.07, 6.45) is 5.99. The lowest BCUT2D eigenvalue weighted by Crippen LogP contribution is -2.32. The van der Waals surface area contributed by atoms with E-state index >= 15 is 0 Å². The summed E-state index contributed by atoms with van der Waals surface area (Å²) in [5, 5.41) is 0.539. The molecule has 0 aromatic carbocycles. The van der Waals surface area contributed by atoms with E-state index in [9.17, 15) is 4.79 Å². The van der Waals surface area contributed by atoms with Gasteiger partial charge in [0.15, 0.2) is 0 Å². The molecule has 2 heterocycles. The summed E-state index contributed by atoms with van der Waals surface area (Å²) in [6.45, 7) is 2.78. The molecule has 1 aliphatic rings. The van der Waals surface area contributed by atoms with Crippen LogP contribution in [0, 0.1) is 6.92 Å². The molecule has 16 heavy (non-hydrogen) atoms. The van der Waals surface area contributed by atoms with Crippen molar-refractivity contribution in [3.63, 3.8) is 0 Å². The third kappa shape index (κ3) is 2.19. The van der Waals surface area contributed by atoms with E-state index in [1.807, 2.05) is 17.9 Å². The van der Waals surface area contributed by atoms with Crippen LogP contribution in [0.4, 0.5) is 0 Å². The lowest BCUT2D eigenvalue weighted by molar-refractivity contribution is -0.121. The summed E-state index contributed by atoms with van der Waals surface area (Å²) in [5.41, 5.74) is 2.06. The molecule has 1 aromatic heterocycles. The highest BCUT2D eigenvalue weighted by molar-refractivity contribution is 6.30. The smallest absolute Gasteiger partial charge is 0.210 e. The van der Waals surface area contributed by atoms with Gasteiger partial charge in [-0.2, -0.15) is 0 Å². The Morgan fingerprint density at radius 2 is 2.38 bits per heavy atom. The van der Waals surface area contributed by atoms with Crippen LogP contribution in [0.15, 0.2) is 12.3 Å². The number of carbonyl (C=O) groups excluding carboxylic acids is 1. The minimum atomic E-state index is 0.176. The number of rotatable bonds is 2. The molecular formula is C12H15ClN2O. The maximum Gasteiger partial charge on any atom is 0.210 e. The summed E-state index contributed by atoms with van der Waals surface area (Å²) in [4.78, 5) is 17.0. The summed E-state index contributed by atoms with van der Waals surface area (Å²) < 4.78 is 0. The lowest BCUT2D eigenvalue weighted by atomic mass is 9.96. The molecule has 0 spiro atoms. The van der Waals surface area contributed by atoms with Crippen molar-refractivity contribution in [1.82, 2.24) is 9.88 Å². The van der Waals surface area contributed by atoms with Crippen LogP contribution >= 0.6 is 11.6 Å². The highest BCUT2D eigenvalue weighted by atomic mass is 35.5. The fourth-order valence-corrected chi connectivity index (χ4v) is 2.30. The number of hydrogen-bond acceptors (Lipinski definition) is 2. The van der Waals surface area contributed by atoms with Crippen molar-refractivity contribution in [2.75, 3.05) is 6.54 Å². The monoisotopic (exact) mass is 238 g/mol. The molecule has 1 atom stereocenters. The molecular weight excluding hydrogens is 224 g/mol. The van der Waals surface area contributed by atoms with Crippen LogP contribution in [-0.4, -0.2) is 22.8 Å². The van der Waals surface area contributed by atoms with Gasteiger partial charge in [0.2, 0.25) is 6.41 Å². The van der Waals surface area contributed by atoms with Crippen LogP contribution in [0.2, 0.25) is 5.15 Å². The number of likely N-dealkylation sites (tertiary alicyclic amines) is 1. The highest BCUT2D eigenvalue weighted by Crippen LogP contribution is 2.30. The first-order chi connectivity index (χ1) is 7.72. The predicted octanol–water partition coefficient (Wildman–Crippen LogP) is 2.73. The van der Waals surface area contributed by atoms with Crippen molar-refractivity contribution < 1.29 is 4.79 Å². The van der Waals surface area contributed by atoms with Crippen molar-refractivity contribution in [2.45, 2.75) is 32.2 Å². The minimum absolute atomic E-state index is 0.176. The van der Waals surface area contributed by atoms with Crippen molar-refractivity contribution in [3.8, 4) is 0 Å². The molecule has 0 saturated carbocycles. The van der Waals surface area contributed by atoms with E-state index in [1.54, 1.807) is 6.20 Å². The highest BCUT2D eigenvalue weighted by Gasteiger charge is 2.23. The molecule has 1 saturated heterocycles. The Bertz CT molecular complexity index is 395. The van der Waals surface area contributed by atoms with E-state index in [-0.39, 0.29) is 6.04 Å². The number of piperidine rings is 1. The molecule has 0 N–H and O–H groups in total. The minimum Gasteiger partial charge on any atom is -0.338 e. The van der Waals surface area contributed by atoms with Crippen LogP contribution in [-0.2, 0) is 4.79 Å². The Morgan fingerprint density at radius 1 is 1.56 bits per heavy atom. The second-order valence-corrected chi connectivity index (χ2v) is 4.59. The van der Waals surface area contributed by atoms with E-state index in [0.29, 0.717) is 5.15 Å². The average molecular weight is 239 g/mol. The van der Waals surface area contributed by atoms with Crippen LogP contribution in [0.25, 0.3) is 0 Å². The quantitative estimate of drug-likeness (QED) is 0.586. The van der Waals surface area contributed by atoms with Gasteiger partial charge in [0.25, 0.3) is 0 Å². The zero-order valence-electron chi connectivity index (χ0n) is 9.32. The molecule has 0 bridgehead atoms. The van der Waals surface area contributed by atoms with Crippen LogP contribution in [0.3, 0.4) is 0 Å². The Labute approximate surface area is 100 Å². The number of hydrogen-bond donors (Lipinski definition) is 0. The molecule has 2 rings (SSSR count).